The fraction of sp³-hybridized carbons (Fsp3) is 0.333. The maximum Gasteiger partial charge on any atom is 0.328 e. The molecule has 0 bridgehead atoms. The SMILES string of the molecule is CN(C(=O)Nc1cccc(/C=C/C(=O)O)c1)C(C)(C)CO. The van der Waals surface area contributed by atoms with E-state index in [0.29, 0.717) is 11.3 Å². The first-order valence-corrected chi connectivity index (χ1v) is 6.43. The summed E-state index contributed by atoms with van der Waals surface area (Å²) in [6.45, 7) is 3.34. The largest absolute Gasteiger partial charge is 0.478 e. The van der Waals surface area contributed by atoms with Gasteiger partial charge in [-0.15, -0.1) is 0 Å². The van der Waals surface area contributed by atoms with Crippen LogP contribution in [0.3, 0.4) is 0 Å². The fourth-order valence-electron chi connectivity index (χ4n) is 1.48. The average molecular weight is 292 g/mol. The van der Waals surface area contributed by atoms with Crippen molar-refractivity contribution in [1.82, 2.24) is 4.90 Å². The smallest absolute Gasteiger partial charge is 0.328 e. The number of anilines is 1. The van der Waals surface area contributed by atoms with Crippen LogP contribution in [0.2, 0.25) is 0 Å². The maximum absolute atomic E-state index is 12.1. The van der Waals surface area contributed by atoms with E-state index in [1.807, 2.05) is 0 Å². The molecule has 0 heterocycles. The third-order valence-corrected chi connectivity index (χ3v) is 3.16. The summed E-state index contributed by atoms with van der Waals surface area (Å²) in [5, 5.41) is 20.6. The lowest BCUT2D eigenvalue weighted by atomic mass is 10.1. The molecule has 0 aliphatic heterocycles. The molecule has 2 amide bonds. The molecule has 0 atom stereocenters. The van der Waals surface area contributed by atoms with Gasteiger partial charge >= 0.3 is 12.0 Å². The van der Waals surface area contributed by atoms with Gasteiger partial charge in [-0.2, -0.15) is 0 Å². The van der Waals surface area contributed by atoms with E-state index in [1.165, 1.54) is 11.0 Å². The average Bonchev–Trinajstić information content (AvgIpc) is 2.44. The minimum absolute atomic E-state index is 0.154. The van der Waals surface area contributed by atoms with Crippen molar-refractivity contribution in [2.24, 2.45) is 0 Å². The minimum atomic E-state index is -1.03. The number of amides is 2. The number of hydrogen-bond donors (Lipinski definition) is 3. The van der Waals surface area contributed by atoms with Gasteiger partial charge in [0.1, 0.15) is 0 Å². The molecule has 114 valence electrons. The van der Waals surface area contributed by atoms with Crippen LogP contribution in [0.25, 0.3) is 6.08 Å². The quantitative estimate of drug-likeness (QED) is 0.724. The predicted octanol–water partition coefficient (Wildman–Crippen LogP) is 2.02. The summed E-state index contributed by atoms with van der Waals surface area (Å²) in [7, 11) is 1.60. The lowest BCUT2D eigenvalue weighted by molar-refractivity contribution is -0.131. The molecular weight excluding hydrogens is 272 g/mol. The second kappa shape index (κ2) is 6.90. The Morgan fingerprint density at radius 1 is 1.38 bits per heavy atom. The van der Waals surface area contributed by atoms with Gasteiger partial charge in [-0.05, 0) is 37.6 Å². The highest BCUT2D eigenvalue weighted by Crippen LogP contribution is 2.16. The second-order valence-corrected chi connectivity index (χ2v) is 5.26. The van der Waals surface area contributed by atoms with Gasteiger partial charge in [0.25, 0.3) is 0 Å². The number of aliphatic carboxylic acids is 1. The van der Waals surface area contributed by atoms with E-state index < -0.39 is 11.5 Å². The van der Waals surface area contributed by atoms with E-state index >= 15 is 0 Å². The predicted molar refractivity (Wildman–Crippen MR) is 81.1 cm³/mol. The van der Waals surface area contributed by atoms with Crippen molar-refractivity contribution in [3.8, 4) is 0 Å². The van der Waals surface area contributed by atoms with Crippen LogP contribution in [0, 0.1) is 0 Å². The van der Waals surface area contributed by atoms with Gasteiger partial charge in [0.2, 0.25) is 0 Å². The van der Waals surface area contributed by atoms with Gasteiger partial charge in [0.15, 0.2) is 0 Å². The molecule has 1 aromatic rings. The zero-order valence-electron chi connectivity index (χ0n) is 12.3. The van der Waals surface area contributed by atoms with E-state index in [9.17, 15) is 14.7 Å². The number of nitrogens with zero attached hydrogens (tertiary/aromatic N) is 1. The number of aliphatic hydroxyl groups excluding tert-OH is 1. The van der Waals surface area contributed by atoms with Crippen molar-refractivity contribution < 1.29 is 19.8 Å². The molecule has 0 fully saturated rings. The lowest BCUT2D eigenvalue weighted by Crippen LogP contribution is -2.49. The molecule has 0 aromatic heterocycles. The summed E-state index contributed by atoms with van der Waals surface area (Å²) in [5.41, 5.74) is 0.539. The molecule has 0 saturated carbocycles. The van der Waals surface area contributed by atoms with Gasteiger partial charge in [0, 0.05) is 18.8 Å². The molecule has 3 N–H and O–H groups in total. The zero-order valence-corrected chi connectivity index (χ0v) is 12.3. The summed E-state index contributed by atoms with van der Waals surface area (Å²) in [5.74, 6) is -1.03. The van der Waals surface area contributed by atoms with Crippen LogP contribution in [0.15, 0.2) is 30.3 Å². The number of carbonyl (C=O) groups is 2. The number of likely N-dealkylation sites (N-methyl/N-ethyl adjacent to an activating group) is 1. The zero-order chi connectivity index (χ0) is 16.0. The first-order chi connectivity index (χ1) is 9.76. The lowest BCUT2D eigenvalue weighted by Gasteiger charge is -2.33. The van der Waals surface area contributed by atoms with Crippen LogP contribution in [-0.2, 0) is 4.79 Å². The monoisotopic (exact) mass is 292 g/mol. The molecule has 0 saturated heterocycles. The Morgan fingerprint density at radius 3 is 2.62 bits per heavy atom. The van der Waals surface area contributed by atoms with Crippen molar-refractivity contribution in [3.63, 3.8) is 0 Å². The molecule has 0 unspecified atom stereocenters. The molecule has 1 aromatic carbocycles. The van der Waals surface area contributed by atoms with Gasteiger partial charge in [-0.25, -0.2) is 9.59 Å². The number of carboxylic acid groups (broad SMARTS) is 1. The third kappa shape index (κ3) is 4.92. The number of benzene rings is 1. The molecule has 21 heavy (non-hydrogen) atoms. The van der Waals surface area contributed by atoms with Crippen LogP contribution in [0.1, 0.15) is 19.4 Å². The summed E-state index contributed by atoms with van der Waals surface area (Å²) < 4.78 is 0. The number of carboxylic acids is 1. The van der Waals surface area contributed by atoms with Crippen LogP contribution in [0.4, 0.5) is 10.5 Å². The number of hydrogen-bond acceptors (Lipinski definition) is 3. The van der Waals surface area contributed by atoms with Gasteiger partial charge in [-0.1, -0.05) is 12.1 Å². The Balaban J connectivity index is 2.82. The molecule has 6 nitrogen and oxygen atoms in total. The van der Waals surface area contributed by atoms with E-state index in [0.717, 1.165) is 6.08 Å². The normalized spacial score (nSPS) is 11.4. The standard InChI is InChI=1S/C15H20N2O4/c1-15(2,10-18)17(3)14(21)16-12-6-4-5-11(9-12)7-8-13(19)20/h4-9,18H,10H2,1-3H3,(H,16,21)(H,19,20)/b8-7+. The van der Waals surface area contributed by atoms with Gasteiger partial charge < -0.3 is 20.4 Å². The van der Waals surface area contributed by atoms with E-state index in [4.69, 9.17) is 5.11 Å². The van der Waals surface area contributed by atoms with Crippen molar-refractivity contribution in [2.45, 2.75) is 19.4 Å². The van der Waals surface area contributed by atoms with Crippen LogP contribution < -0.4 is 5.32 Å². The molecule has 6 heteroatoms. The molecule has 0 spiro atoms. The Bertz CT molecular complexity index is 552. The highest BCUT2D eigenvalue weighted by molar-refractivity contribution is 5.90. The highest BCUT2D eigenvalue weighted by Gasteiger charge is 2.26. The van der Waals surface area contributed by atoms with Crippen LogP contribution in [-0.4, -0.2) is 46.3 Å². The minimum Gasteiger partial charge on any atom is -0.478 e. The van der Waals surface area contributed by atoms with Gasteiger partial charge in [0.05, 0.1) is 12.1 Å². The van der Waals surface area contributed by atoms with E-state index in [1.54, 1.807) is 45.2 Å². The number of aliphatic hydroxyl groups is 1. The second-order valence-electron chi connectivity index (χ2n) is 5.26. The van der Waals surface area contributed by atoms with Crippen LogP contribution >= 0.6 is 0 Å². The van der Waals surface area contributed by atoms with Crippen molar-refractivity contribution in [2.75, 3.05) is 19.0 Å². The summed E-state index contributed by atoms with van der Waals surface area (Å²) >= 11 is 0. The summed E-state index contributed by atoms with van der Waals surface area (Å²) in [4.78, 5) is 24.0. The van der Waals surface area contributed by atoms with E-state index in [2.05, 4.69) is 5.32 Å². The number of nitrogens with one attached hydrogen (secondary N) is 1. The van der Waals surface area contributed by atoms with Crippen molar-refractivity contribution in [3.05, 3.63) is 35.9 Å². The van der Waals surface area contributed by atoms with E-state index in [-0.39, 0.29) is 12.6 Å². The Kier molecular flexibility index (Phi) is 5.49. The summed E-state index contributed by atoms with van der Waals surface area (Å²) in [6, 6.07) is 6.46. The Hall–Kier alpha value is -2.34. The third-order valence-electron chi connectivity index (χ3n) is 3.16. The van der Waals surface area contributed by atoms with Crippen LogP contribution in [0.5, 0.6) is 0 Å². The number of urea groups is 1. The molecule has 1 rings (SSSR count). The number of carbonyl (C=O) groups excluding carboxylic acids is 1. The molecule has 0 aliphatic carbocycles. The maximum atomic E-state index is 12.1. The first-order valence-electron chi connectivity index (χ1n) is 6.43. The fourth-order valence-corrected chi connectivity index (χ4v) is 1.48. The van der Waals surface area contributed by atoms with Gasteiger partial charge in [-0.3, -0.25) is 0 Å². The number of rotatable bonds is 5. The molecule has 0 aliphatic rings. The Morgan fingerprint density at radius 2 is 2.05 bits per heavy atom. The van der Waals surface area contributed by atoms with Crippen molar-refractivity contribution in [1.29, 1.82) is 0 Å². The van der Waals surface area contributed by atoms with Crippen molar-refractivity contribution >= 4 is 23.8 Å². The summed E-state index contributed by atoms with van der Waals surface area (Å²) in [6.07, 6.45) is 2.47. The first kappa shape index (κ1) is 16.7. The Labute approximate surface area is 123 Å². The molecular formula is C15H20N2O4. The highest BCUT2D eigenvalue weighted by atomic mass is 16.4. The molecule has 0 radical (unpaired) electrons. The topological polar surface area (TPSA) is 89.9 Å².